The monoisotopic (exact) mass is 421 g/mol. The molecule has 11 heteroatoms. The summed E-state index contributed by atoms with van der Waals surface area (Å²) in [4.78, 5) is 12.9. The van der Waals surface area contributed by atoms with Crippen molar-refractivity contribution < 1.29 is 50.0 Å². The lowest BCUT2D eigenvalue weighted by Gasteiger charge is -2.40. The van der Waals surface area contributed by atoms with Crippen molar-refractivity contribution in [3.8, 4) is 23.0 Å². The summed E-state index contributed by atoms with van der Waals surface area (Å²) in [5.74, 6) is -3.01. The normalized spacial score (nSPS) is 27.0. The van der Waals surface area contributed by atoms with Crippen LogP contribution in [0.5, 0.6) is 23.0 Å². The second kappa shape index (κ2) is 7.00. The van der Waals surface area contributed by atoms with Crippen LogP contribution in [0, 0.1) is 0 Å². The maximum Gasteiger partial charge on any atom is 0.221 e. The Morgan fingerprint density at radius 2 is 1.57 bits per heavy atom. The van der Waals surface area contributed by atoms with Gasteiger partial charge in [0.15, 0.2) is 5.75 Å². The van der Waals surface area contributed by atoms with Crippen LogP contribution >= 0.6 is 0 Å². The molecule has 2 heterocycles. The van der Waals surface area contributed by atoms with Gasteiger partial charge in [-0.1, -0.05) is 0 Å². The summed E-state index contributed by atoms with van der Waals surface area (Å²) in [6, 6.07) is 2.71. The second-order valence-electron chi connectivity index (χ2n) is 7.03. The molecule has 1 saturated heterocycles. The molecule has 7 N–H and O–H groups in total. The Morgan fingerprint density at radius 1 is 0.900 bits per heavy atom. The summed E-state index contributed by atoms with van der Waals surface area (Å²) < 4.78 is 10.8. The molecule has 0 bridgehead atoms. The lowest BCUT2D eigenvalue weighted by molar-refractivity contribution is -0.232. The SMILES string of the molecule is [O]c1cc2c(=O)c3c(O)c(C4OC(CO)C(O)C(O)C4O)c(O)cc3oc2cc1O. The van der Waals surface area contributed by atoms with E-state index < -0.39 is 76.5 Å². The first-order chi connectivity index (χ1) is 14.1. The minimum Gasteiger partial charge on any atom is -0.507 e. The van der Waals surface area contributed by atoms with Crippen LogP contribution in [-0.2, 0) is 9.84 Å². The van der Waals surface area contributed by atoms with Gasteiger partial charge in [-0.25, -0.2) is 0 Å². The minimum atomic E-state index is -1.82. The third-order valence-electron chi connectivity index (χ3n) is 5.21. The molecule has 5 atom stereocenters. The number of rotatable bonds is 2. The van der Waals surface area contributed by atoms with Gasteiger partial charge in [-0.15, -0.1) is 0 Å². The molecule has 30 heavy (non-hydrogen) atoms. The first kappa shape index (κ1) is 20.2. The highest BCUT2D eigenvalue weighted by atomic mass is 16.5. The standard InChI is InChI=1S/C19H17O11/c20-4-11-15(25)17(27)18(28)19(30-11)12-8(23)3-10-13(16(12)26)14(24)5-1-6(21)7(22)2-9(5)29-10/h1-3,11,15,17-20,22-23,25-28H,4H2. The lowest BCUT2D eigenvalue weighted by Crippen LogP contribution is -2.55. The van der Waals surface area contributed by atoms with Crippen LogP contribution in [-0.4, -0.2) is 66.8 Å². The predicted octanol–water partition coefficient (Wildman–Crippen LogP) is -0.278. The van der Waals surface area contributed by atoms with E-state index in [0.717, 1.165) is 18.2 Å². The number of hydrogen-bond acceptors (Lipinski definition) is 10. The summed E-state index contributed by atoms with van der Waals surface area (Å²) in [6.45, 7) is -0.737. The number of benzene rings is 2. The number of aliphatic hydroxyl groups is 4. The van der Waals surface area contributed by atoms with E-state index in [2.05, 4.69) is 0 Å². The number of ether oxygens (including phenoxy) is 1. The van der Waals surface area contributed by atoms with Gasteiger partial charge >= 0.3 is 0 Å². The number of aromatic hydroxyl groups is 3. The smallest absolute Gasteiger partial charge is 0.221 e. The first-order valence-electron chi connectivity index (χ1n) is 8.81. The Kier molecular flexibility index (Phi) is 4.71. The molecule has 4 rings (SSSR count). The maximum atomic E-state index is 12.9. The Bertz CT molecular complexity index is 1200. The van der Waals surface area contributed by atoms with E-state index >= 15 is 0 Å². The van der Waals surface area contributed by atoms with E-state index in [4.69, 9.17) is 9.15 Å². The largest absolute Gasteiger partial charge is 0.507 e. The van der Waals surface area contributed by atoms with E-state index in [0.29, 0.717) is 0 Å². The van der Waals surface area contributed by atoms with Gasteiger partial charge in [-0.05, 0) is 0 Å². The number of hydrogen-bond donors (Lipinski definition) is 7. The summed E-state index contributed by atoms with van der Waals surface area (Å²) >= 11 is 0. The fourth-order valence-corrected chi connectivity index (χ4v) is 3.63. The van der Waals surface area contributed by atoms with Crippen LogP contribution in [0.15, 0.2) is 27.4 Å². The van der Waals surface area contributed by atoms with E-state index in [-0.39, 0.29) is 16.6 Å². The van der Waals surface area contributed by atoms with E-state index in [1.807, 2.05) is 0 Å². The van der Waals surface area contributed by atoms with Crippen molar-refractivity contribution in [1.29, 1.82) is 0 Å². The van der Waals surface area contributed by atoms with Gasteiger partial charge in [0.25, 0.3) is 0 Å². The zero-order chi connectivity index (χ0) is 21.9. The molecule has 0 amide bonds. The van der Waals surface area contributed by atoms with Gasteiger partial charge in [0, 0.05) is 18.2 Å². The number of phenols is 3. The molecule has 0 aliphatic carbocycles. The number of phenolic OH excluding ortho intramolecular Hbond substituents is 3. The first-order valence-corrected chi connectivity index (χ1v) is 8.81. The van der Waals surface area contributed by atoms with Crippen molar-refractivity contribution in [3.05, 3.63) is 34.0 Å². The molecular weight excluding hydrogens is 404 g/mol. The van der Waals surface area contributed by atoms with Gasteiger partial charge in [0.05, 0.1) is 17.6 Å². The Morgan fingerprint density at radius 3 is 2.23 bits per heavy atom. The Hall–Kier alpha value is -3.09. The van der Waals surface area contributed by atoms with Crippen molar-refractivity contribution in [2.75, 3.05) is 6.61 Å². The van der Waals surface area contributed by atoms with Gasteiger partial charge in [0.2, 0.25) is 11.2 Å². The highest BCUT2D eigenvalue weighted by Crippen LogP contribution is 2.45. The van der Waals surface area contributed by atoms with Crippen molar-refractivity contribution >= 4 is 21.9 Å². The summed E-state index contributed by atoms with van der Waals surface area (Å²) in [5, 5.41) is 81.2. The molecule has 1 radical (unpaired) electrons. The molecule has 1 aliphatic rings. The highest BCUT2D eigenvalue weighted by molar-refractivity contribution is 5.96. The van der Waals surface area contributed by atoms with Crippen LogP contribution in [0.2, 0.25) is 0 Å². The predicted molar refractivity (Wildman–Crippen MR) is 97.8 cm³/mol. The molecule has 159 valence electrons. The number of fused-ring (bicyclic) bond motifs is 2. The quantitative estimate of drug-likeness (QED) is 0.270. The van der Waals surface area contributed by atoms with Gasteiger partial charge in [-0.3, -0.25) is 9.90 Å². The highest BCUT2D eigenvalue weighted by Gasteiger charge is 2.46. The fraction of sp³-hybridized carbons (Fsp3) is 0.316. The van der Waals surface area contributed by atoms with E-state index in [1.54, 1.807) is 0 Å². The van der Waals surface area contributed by atoms with E-state index in [1.165, 1.54) is 0 Å². The topological polar surface area (TPSA) is 201 Å². The molecule has 1 fully saturated rings. The van der Waals surface area contributed by atoms with E-state index in [9.17, 15) is 45.6 Å². The molecule has 2 aromatic carbocycles. The fourth-order valence-electron chi connectivity index (χ4n) is 3.63. The third kappa shape index (κ3) is 2.83. The van der Waals surface area contributed by atoms with Gasteiger partial charge in [0.1, 0.15) is 58.6 Å². The van der Waals surface area contributed by atoms with Crippen LogP contribution in [0.1, 0.15) is 11.7 Å². The van der Waals surface area contributed by atoms with Gasteiger partial charge in [-0.2, -0.15) is 0 Å². The zero-order valence-corrected chi connectivity index (χ0v) is 15.1. The second-order valence-corrected chi connectivity index (χ2v) is 7.03. The Balaban J connectivity index is 1.98. The average molecular weight is 421 g/mol. The van der Waals surface area contributed by atoms with Crippen LogP contribution in [0.3, 0.4) is 0 Å². The maximum absolute atomic E-state index is 12.9. The zero-order valence-electron chi connectivity index (χ0n) is 15.1. The molecule has 0 spiro atoms. The third-order valence-corrected chi connectivity index (χ3v) is 5.21. The average Bonchev–Trinajstić information content (AvgIpc) is 2.69. The molecule has 5 unspecified atom stereocenters. The summed E-state index contributed by atoms with van der Waals surface area (Å²) in [7, 11) is 0. The van der Waals surface area contributed by atoms with Crippen molar-refractivity contribution in [3.63, 3.8) is 0 Å². The molecule has 1 aromatic heterocycles. The minimum absolute atomic E-state index is 0.163. The Labute approximate surface area is 166 Å². The van der Waals surface area contributed by atoms with Crippen molar-refractivity contribution in [1.82, 2.24) is 0 Å². The van der Waals surface area contributed by atoms with Crippen molar-refractivity contribution in [2.45, 2.75) is 30.5 Å². The van der Waals surface area contributed by atoms with Crippen LogP contribution < -0.4 is 5.43 Å². The van der Waals surface area contributed by atoms with Crippen LogP contribution in [0.25, 0.3) is 21.9 Å². The lowest BCUT2D eigenvalue weighted by atomic mass is 9.89. The van der Waals surface area contributed by atoms with Gasteiger partial charge < -0.3 is 44.9 Å². The molecule has 0 saturated carbocycles. The summed E-state index contributed by atoms with van der Waals surface area (Å²) in [5.41, 5.74) is -1.78. The molecule has 11 nitrogen and oxygen atoms in total. The molecule has 3 aromatic rings. The van der Waals surface area contributed by atoms with Crippen LogP contribution in [0.4, 0.5) is 0 Å². The van der Waals surface area contributed by atoms with Crippen molar-refractivity contribution in [2.24, 2.45) is 0 Å². The number of aliphatic hydroxyl groups excluding tert-OH is 4. The summed E-state index contributed by atoms with van der Waals surface area (Å²) in [6.07, 6.45) is -8.20. The molecule has 1 aliphatic heterocycles. The molecular formula is C19H17O11.